The fourth-order valence-corrected chi connectivity index (χ4v) is 3.05. The number of halogens is 1. The second-order valence-corrected chi connectivity index (χ2v) is 6.39. The highest BCUT2D eigenvalue weighted by Crippen LogP contribution is 2.17. The van der Waals surface area contributed by atoms with Gasteiger partial charge in [-0.2, -0.15) is 0 Å². The zero-order chi connectivity index (χ0) is 16.8. The summed E-state index contributed by atoms with van der Waals surface area (Å²) in [5.41, 5.74) is 2.67. The molecular weight excluding hydrogens is 346 g/mol. The Labute approximate surface area is 148 Å². The average molecular weight is 360 g/mol. The molecule has 3 aromatic rings. The molecule has 6 nitrogen and oxygen atoms in total. The number of thioether (sulfide) groups is 1. The van der Waals surface area contributed by atoms with Crippen LogP contribution in [0.3, 0.4) is 0 Å². The molecule has 2 aromatic carbocycles. The molecule has 0 radical (unpaired) electrons. The summed E-state index contributed by atoms with van der Waals surface area (Å²) in [5, 5.41) is 14.6. The van der Waals surface area contributed by atoms with E-state index in [0.29, 0.717) is 10.8 Å². The summed E-state index contributed by atoms with van der Waals surface area (Å²) >= 11 is 7.48. The summed E-state index contributed by atoms with van der Waals surface area (Å²) in [6.07, 6.45) is 1.51. The van der Waals surface area contributed by atoms with Crippen molar-refractivity contribution >= 4 is 35.0 Å². The topological polar surface area (TPSA) is 72.7 Å². The summed E-state index contributed by atoms with van der Waals surface area (Å²) in [7, 11) is 0. The van der Waals surface area contributed by atoms with E-state index in [0.717, 1.165) is 22.7 Å². The fraction of sp³-hybridized carbons (Fsp3) is 0.125. The van der Waals surface area contributed by atoms with E-state index in [1.165, 1.54) is 6.33 Å². The van der Waals surface area contributed by atoms with E-state index in [1.807, 2.05) is 48.5 Å². The maximum Gasteiger partial charge on any atom is 0.234 e. The van der Waals surface area contributed by atoms with Gasteiger partial charge in [-0.3, -0.25) is 4.79 Å². The van der Waals surface area contributed by atoms with Crippen LogP contribution >= 0.6 is 23.4 Å². The summed E-state index contributed by atoms with van der Waals surface area (Å²) in [4.78, 5) is 12.0. The van der Waals surface area contributed by atoms with Crippen LogP contribution in [0.25, 0.3) is 5.69 Å². The average Bonchev–Trinajstić information content (AvgIpc) is 3.10. The van der Waals surface area contributed by atoms with Crippen molar-refractivity contribution in [2.24, 2.45) is 0 Å². The molecule has 1 heterocycles. The van der Waals surface area contributed by atoms with Gasteiger partial charge in [0.2, 0.25) is 5.91 Å². The van der Waals surface area contributed by atoms with Crippen LogP contribution < -0.4 is 5.32 Å². The standard InChI is InChI=1S/C16H14ClN5OS/c17-13-3-1-2-12(8-13)9-24-10-16(23)19-14-4-6-15(7-5-14)22-11-18-20-21-22/h1-8,11H,9-10H2,(H,19,23). The lowest BCUT2D eigenvalue weighted by molar-refractivity contribution is -0.113. The normalized spacial score (nSPS) is 10.5. The van der Waals surface area contributed by atoms with Gasteiger partial charge in [0, 0.05) is 16.5 Å². The number of anilines is 1. The van der Waals surface area contributed by atoms with E-state index < -0.39 is 0 Å². The maximum atomic E-state index is 12.0. The number of benzene rings is 2. The van der Waals surface area contributed by atoms with Crippen molar-refractivity contribution in [2.75, 3.05) is 11.1 Å². The molecule has 1 amide bonds. The number of aromatic nitrogens is 4. The first kappa shape index (κ1) is 16.5. The van der Waals surface area contributed by atoms with Crippen molar-refractivity contribution in [3.63, 3.8) is 0 Å². The van der Waals surface area contributed by atoms with Gasteiger partial charge in [-0.25, -0.2) is 4.68 Å². The molecule has 0 aliphatic rings. The zero-order valence-electron chi connectivity index (χ0n) is 12.6. The Morgan fingerprint density at radius 1 is 1.21 bits per heavy atom. The number of rotatable bonds is 6. The lowest BCUT2D eigenvalue weighted by Crippen LogP contribution is -2.14. The molecule has 0 saturated heterocycles. The molecule has 0 saturated carbocycles. The SMILES string of the molecule is O=C(CSCc1cccc(Cl)c1)Nc1ccc(-n2cnnn2)cc1. The molecule has 122 valence electrons. The maximum absolute atomic E-state index is 12.0. The Bertz CT molecular complexity index is 808. The smallest absolute Gasteiger partial charge is 0.234 e. The molecule has 24 heavy (non-hydrogen) atoms. The third kappa shape index (κ3) is 4.56. The number of carbonyl (C=O) groups excluding carboxylic acids is 1. The van der Waals surface area contributed by atoms with E-state index in [4.69, 9.17) is 11.6 Å². The Balaban J connectivity index is 1.48. The van der Waals surface area contributed by atoms with Gasteiger partial charge < -0.3 is 5.32 Å². The number of tetrazole rings is 1. The van der Waals surface area contributed by atoms with E-state index in [9.17, 15) is 4.79 Å². The van der Waals surface area contributed by atoms with Gasteiger partial charge in [0.05, 0.1) is 11.4 Å². The van der Waals surface area contributed by atoms with Crippen molar-refractivity contribution in [3.8, 4) is 5.69 Å². The van der Waals surface area contributed by atoms with Gasteiger partial charge in [0.15, 0.2) is 0 Å². The highest BCUT2D eigenvalue weighted by atomic mass is 35.5. The number of hydrogen-bond acceptors (Lipinski definition) is 5. The zero-order valence-corrected chi connectivity index (χ0v) is 14.2. The third-order valence-electron chi connectivity index (χ3n) is 3.16. The predicted octanol–water partition coefficient (Wildman–Crippen LogP) is 3.19. The van der Waals surface area contributed by atoms with E-state index in [1.54, 1.807) is 16.4 Å². The minimum Gasteiger partial charge on any atom is -0.325 e. The monoisotopic (exact) mass is 359 g/mol. The summed E-state index contributed by atoms with van der Waals surface area (Å²) < 4.78 is 1.55. The Morgan fingerprint density at radius 2 is 2.04 bits per heavy atom. The van der Waals surface area contributed by atoms with Crippen LogP contribution in [0.5, 0.6) is 0 Å². The number of hydrogen-bond donors (Lipinski definition) is 1. The van der Waals surface area contributed by atoms with Crippen molar-refractivity contribution in [1.29, 1.82) is 0 Å². The second kappa shape index (κ2) is 7.94. The van der Waals surface area contributed by atoms with Crippen LogP contribution in [0.4, 0.5) is 5.69 Å². The highest BCUT2D eigenvalue weighted by molar-refractivity contribution is 7.99. The van der Waals surface area contributed by atoms with E-state index >= 15 is 0 Å². The molecule has 0 spiro atoms. The summed E-state index contributed by atoms with van der Waals surface area (Å²) in [5.74, 6) is 1.07. The van der Waals surface area contributed by atoms with Gasteiger partial charge in [-0.15, -0.1) is 16.9 Å². The highest BCUT2D eigenvalue weighted by Gasteiger charge is 2.04. The van der Waals surface area contributed by atoms with Crippen LogP contribution in [0, 0.1) is 0 Å². The van der Waals surface area contributed by atoms with E-state index in [-0.39, 0.29) is 5.91 Å². The number of nitrogens with one attached hydrogen (secondary N) is 1. The van der Waals surface area contributed by atoms with Crippen molar-refractivity contribution in [1.82, 2.24) is 20.2 Å². The molecule has 0 atom stereocenters. The molecule has 1 N–H and O–H groups in total. The van der Waals surface area contributed by atoms with Crippen molar-refractivity contribution < 1.29 is 4.79 Å². The van der Waals surface area contributed by atoms with Crippen LogP contribution in [-0.4, -0.2) is 31.9 Å². The fourth-order valence-electron chi connectivity index (χ4n) is 2.06. The van der Waals surface area contributed by atoms with Gasteiger partial charge in [-0.05, 0) is 52.4 Å². The molecule has 0 aliphatic carbocycles. The Hall–Kier alpha value is -2.38. The minimum absolute atomic E-state index is 0.0443. The predicted molar refractivity (Wildman–Crippen MR) is 95.4 cm³/mol. The van der Waals surface area contributed by atoms with E-state index in [2.05, 4.69) is 20.8 Å². The molecule has 0 aliphatic heterocycles. The minimum atomic E-state index is -0.0443. The molecule has 0 fully saturated rings. The Morgan fingerprint density at radius 3 is 2.75 bits per heavy atom. The van der Waals surface area contributed by atoms with Gasteiger partial charge in [0.25, 0.3) is 0 Å². The Kier molecular flexibility index (Phi) is 5.45. The first-order chi connectivity index (χ1) is 11.7. The van der Waals surface area contributed by atoms with Crippen LogP contribution in [-0.2, 0) is 10.5 Å². The molecule has 0 unspecified atom stereocenters. The van der Waals surface area contributed by atoms with Crippen molar-refractivity contribution in [3.05, 3.63) is 65.4 Å². The second-order valence-electron chi connectivity index (χ2n) is 4.97. The molecular formula is C16H14ClN5OS. The number of nitrogens with zero attached hydrogens (tertiary/aromatic N) is 4. The van der Waals surface area contributed by atoms with Crippen LogP contribution in [0.2, 0.25) is 5.02 Å². The van der Waals surface area contributed by atoms with Gasteiger partial charge in [0.1, 0.15) is 6.33 Å². The third-order valence-corrected chi connectivity index (χ3v) is 4.39. The van der Waals surface area contributed by atoms with Crippen molar-refractivity contribution in [2.45, 2.75) is 5.75 Å². The molecule has 8 heteroatoms. The summed E-state index contributed by atoms with van der Waals surface area (Å²) in [6.45, 7) is 0. The lowest BCUT2D eigenvalue weighted by Gasteiger charge is -2.06. The quantitative estimate of drug-likeness (QED) is 0.731. The molecule has 3 rings (SSSR count). The van der Waals surface area contributed by atoms with Gasteiger partial charge >= 0.3 is 0 Å². The number of amides is 1. The largest absolute Gasteiger partial charge is 0.325 e. The number of carbonyl (C=O) groups is 1. The first-order valence-electron chi connectivity index (χ1n) is 7.16. The lowest BCUT2D eigenvalue weighted by atomic mass is 10.2. The molecule has 0 bridgehead atoms. The molecule has 1 aromatic heterocycles. The van der Waals surface area contributed by atoms with Crippen LogP contribution in [0.1, 0.15) is 5.56 Å². The first-order valence-corrected chi connectivity index (χ1v) is 8.69. The summed E-state index contributed by atoms with van der Waals surface area (Å²) in [6, 6.07) is 15.0. The van der Waals surface area contributed by atoms with Gasteiger partial charge in [-0.1, -0.05) is 23.7 Å². The van der Waals surface area contributed by atoms with Crippen LogP contribution in [0.15, 0.2) is 54.9 Å².